The normalized spacial score (nSPS) is 12.9. The van der Waals surface area contributed by atoms with Crippen LogP contribution in [0, 0.1) is 5.82 Å². The van der Waals surface area contributed by atoms with Crippen molar-refractivity contribution in [1.29, 1.82) is 0 Å². The van der Waals surface area contributed by atoms with E-state index in [-0.39, 0.29) is 23.8 Å². The maximum atomic E-state index is 14.5. The number of methoxy groups -OCH3 is 1. The van der Waals surface area contributed by atoms with Crippen molar-refractivity contribution in [3.63, 3.8) is 0 Å². The molecule has 0 aliphatic rings. The van der Waals surface area contributed by atoms with Crippen LogP contribution in [-0.4, -0.2) is 35.5 Å². The Morgan fingerprint density at radius 2 is 1.90 bits per heavy atom. The molecular formula is C17H14Cl3F4NO4. The van der Waals surface area contributed by atoms with Crippen molar-refractivity contribution in [2.75, 3.05) is 13.7 Å². The van der Waals surface area contributed by atoms with E-state index in [1.807, 2.05) is 0 Å². The molecule has 1 aromatic heterocycles. The second-order valence-electron chi connectivity index (χ2n) is 5.87. The molecule has 0 saturated carbocycles. The summed E-state index contributed by atoms with van der Waals surface area (Å²) in [5.41, 5.74) is -2.12. The third-order valence-corrected chi connectivity index (χ3v) is 5.06. The van der Waals surface area contributed by atoms with E-state index in [4.69, 9.17) is 44.3 Å². The maximum absolute atomic E-state index is 14.5. The summed E-state index contributed by atoms with van der Waals surface area (Å²) in [6, 6.07) is 1.72. The summed E-state index contributed by atoms with van der Waals surface area (Å²) in [7, 11) is 2.39. The molecule has 1 N–H and O–H groups in total. The van der Waals surface area contributed by atoms with Crippen molar-refractivity contribution in [2.24, 2.45) is 7.05 Å². The van der Waals surface area contributed by atoms with Gasteiger partial charge in [-0.3, -0.25) is 0 Å². The van der Waals surface area contributed by atoms with Crippen molar-refractivity contribution < 1.29 is 36.9 Å². The van der Waals surface area contributed by atoms with Crippen LogP contribution in [-0.2, 0) is 22.8 Å². The lowest BCUT2D eigenvalue weighted by molar-refractivity contribution is -0.146. The van der Waals surface area contributed by atoms with Gasteiger partial charge in [0.15, 0.2) is 6.10 Å². The lowest BCUT2D eigenvalue weighted by atomic mass is 10.1. The minimum absolute atomic E-state index is 0.0495. The summed E-state index contributed by atoms with van der Waals surface area (Å²) in [6.07, 6.45) is -6.29. The number of hydrogen-bond donors (Lipinski definition) is 1. The van der Waals surface area contributed by atoms with Gasteiger partial charge >= 0.3 is 12.1 Å². The first kappa shape index (κ1) is 23.6. The fourth-order valence-corrected chi connectivity index (χ4v) is 3.54. The topological polar surface area (TPSA) is 60.7 Å². The third kappa shape index (κ3) is 4.91. The molecule has 29 heavy (non-hydrogen) atoms. The number of carboxylic acid groups (broad SMARTS) is 1. The van der Waals surface area contributed by atoms with Crippen LogP contribution in [0.15, 0.2) is 12.1 Å². The van der Waals surface area contributed by atoms with Crippen LogP contribution in [0.5, 0.6) is 5.75 Å². The summed E-state index contributed by atoms with van der Waals surface area (Å²) in [4.78, 5) is 11.3. The average molecular weight is 479 g/mol. The van der Waals surface area contributed by atoms with E-state index in [0.717, 1.165) is 19.2 Å². The van der Waals surface area contributed by atoms with Crippen molar-refractivity contribution in [3.05, 3.63) is 38.8 Å². The van der Waals surface area contributed by atoms with Gasteiger partial charge in [0.1, 0.15) is 22.4 Å². The highest BCUT2D eigenvalue weighted by Gasteiger charge is 2.40. The summed E-state index contributed by atoms with van der Waals surface area (Å²) < 4.78 is 65.0. The number of benzene rings is 1. The van der Waals surface area contributed by atoms with E-state index < -0.39 is 51.1 Å². The van der Waals surface area contributed by atoms with Crippen molar-refractivity contribution in [1.82, 2.24) is 4.57 Å². The van der Waals surface area contributed by atoms with Crippen LogP contribution in [0.4, 0.5) is 17.6 Å². The summed E-state index contributed by atoms with van der Waals surface area (Å²) in [6.45, 7) is 0.0495. The van der Waals surface area contributed by atoms with E-state index in [1.165, 1.54) is 7.11 Å². The quantitative estimate of drug-likeness (QED) is 0.520. The van der Waals surface area contributed by atoms with E-state index in [1.54, 1.807) is 0 Å². The minimum Gasteiger partial charge on any atom is -0.479 e. The molecule has 0 saturated heterocycles. The Morgan fingerprint density at radius 3 is 2.38 bits per heavy atom. The Hall–Kier alpha value is -1.68. The summed E-state index contributed by atoms with van der Waals surface area (Å²) >= 11 is 17.8. The summed E-state index contributed by atoms with van der Waals surface area (Å²) in [5.74, 6) is -2.62. The number of alkyl halides is 3. The molecule has 0 spiro atoms. The molecule has 2 rings (SSSR count). The average Bonchev–Trinajstić information content (AvgIpc) is 2.82. The fraction of sp³-hybridized carbons (Fsp3) is 0.353. The number of rotatable bonds is 7. The second kappa shape index (κ2) is 8.99. The Bertz CT molecular complexity index is 931. The zero-order valence-electron chi connectivity index (χ0n) is 14.9. The molecule has 0 bridgehead atoms. The number of hydrogen-bond acceptors (Lipinski definition) is 3. The largest absolute Gasteiger partial charge is 0.479 e. The molecule has 1 atom stereocenters. The number of ether oxygens (including phenoxy) is 2. The Labute approximate surface area is 177 Å². The van der Waals surface area contributed by atoms with Gasteiger partial charge < -0.3 is 19.1 Å². The number of carboxylic acids is 1. The van der Waals surface area contributed by atoms with E-state index in [9.17, 15) is 27.5 Å². The molecule has 1 heterocycles. The van der Waals surface area contributed by atoms with Gasteiger partial charge in [-0.05, 0) is 12.1 Å². The van der Waals surface area contributed by atoms with Crippen LogP contribution in [0.1, 0.15) is 12.1 Å². The maximum Gasteiger partial charge on any atom is 0.432 e. The van der Waals surface area contributed by atoms with Gasteiger partial charge in [-0.25, -0.2) is 9.18 Å². The smallest absolute Gasteiger partial charge is 0.432 e. The van der Waals surface area contributed by atoms with Crippen LogP contribution < -0.4 is 4.74 Å². The van der Waals surface area contributed by atoms with Gasteiger partial charge in [-0.1, -0.05) is 34.8 Å². The SMILES string of the molecule is COCCC(Oc1cc(-c2c(Cl)c(C(F)(F)F)n(C)c2Cl)c(F)cc1Cl)C(=O)O. The first-order valence-electron chi connectivity index (χ1n) is 7.88. The Balaban J connectivity index is 2.59. The molecule has 160 valence electrons. The van der Waals surface area contributed by atoms with Crippen LogP contribution in [0.2, 0.25) is 15.2 Å². The van der Waals surface area contributed by atoms with Crippen LogP contribution in [0.25, 0.3) is 11.1 Å². The molecule has 12 heteroatoms. The molecule has 0 aliphatic carbocycles. The van der Waals surface area contributed by atoms with E-state index in [2.05, 4.69) is 0 Å². The molecule has 2 aromatic rings. The van der Waals surface area contributed by atoms with Crippen molar-refractivity contribution >= 4 is 40.8 Å². The molecule has 1 aromatic carbocycles. The highest BCUT2D eigenvalue weighted by atomic mass is 35.5. The molecule has 0 amide bonds. The zero-order chi connectivity index (χ0) is 22.1. The van der Waals surface area contributed by atoms with Crippen LogP contribution in [0.3, 0.4) is 0 Å². The Kier molecular flexibility index (Phi) is 7.32. The lowest BCUT2D eigenvalue weighted by Crippen LogP contribution is -2.28. The zero-order valence-corrected chi connectivity index (χ0v) is 17.2. The van der Waals surface area contributed by atoms with E-state index >= 15 is 0 Å². The lowest BCUT2D eigenvalue weighted by Gasteiger charge is -2.17. The molecule has 5 nitrogen and oxygen atoms in total. The van der Waals surface area contributed by atoms with Crippen LogP contribution >= 0.6 is 34.8 Å². The monoisotopic (exact) mass is 477 g/mol. The second-order valence-corrected chi connectivity index (χ2v) is 7.02. The minimum atomic E-state index is -4.84. The van der Waals surface area contributed by atoms with Gasteiger partial charge in [0.25, 0.3) is 0 Å². The molecule has 0 radical (unpaired) electrons. The predicted octanol–water partition coefficient (Wildman–Crippen LogP) is 5.68. The molecule has 0 aliphatic heterocycles. The third-order valence-electron chi connectivity index (χ3n) is 3.95. The number of aromatic nitrogens is 1. The van der Waals surface area contributed by atoms with Gasteiger partial charge in [0.05, 0.1) is 16.7 Å². The molecular weight excluding hydrogens is 465 g/mol. The van der Waals surface area contributed by atoms with Crippen molar-refractivity contribution in [3.8, 4) is 16.9 Å². The highest BCUT2D eigenvalue weighted by molar-refractivity contribution is 6.40. The predicted molar refractivity (Wildman–Crippen MR) is 99.4 cm³/mol. The first-order chi connectivity index (χ1) is 13.4. The number of aliphatic carboxylic acids is 1. The Morgan fingerprint density at radius 1 is 1.28 bits per heavy atom. The number of nitrogens with zero attached hydrogens (tertiary/aromatic N) is 1. The van der Waals surface area contributed by atoms with Gasteiger partial charge in [0.2, 0.25) is 0 Å². The van der Waals surface area contributed by atoms with Gasteiger partial charge in [-0.15, -0.1) is 0 Å². The van der Waals surface area contributed by atoms with E-state index in [0.29, 0.717) is 4.57 Å². The summed E-state index contributed by atoms with van der Waals surface area (Å²) in [5, 5.41) is 7.68. The molecule has 0 fully saturated rings. The first-order valence-corrected chi connectivity index (χ1v) is 9.02. The number of halogens is 7. The highest BCUT2D eigenvalue weighted by Crippen LogP contribution is 2.47. The van der Waals surface area contributed by atoms with Gasteiger partial charge in [0, 0.05) is 31.7 Å². The number of carbonyl (C=O) groups is 1. The van der Waals surface area contributed by atoms with Crippen molar-refractivity contribution in [2.45, 2.75) is 18.7 Å². The standard InChI is InChI=1S/C17H14Cl3F4NO4/c1-25-14(17(22,23)24)13(19)12(15(25)20)7-5-11(8(18)6-9(7)21)29-10(16(26)27)3-4-28-2/h5-6,10H,3-4H2,1-2H3,(H,26,27). The molecule has 1 unspecified atom stereocenters. The van der Waals surface area contributed by atoms with Gasteiger partial charge in [-0.2, -0.15) is 13.2 Å². The fourth-order valence-electron chi connectivity index (χ4n) is 2.59.